The van der Waals surface area contributed by atoms with E-state index in [1.807, 2.05) is 0 Å². The van der Waals surface area contributed by atoms with E-state index in [2.05, 4.69) is 33.0 Å². The molecule has 0 bridgehead atoms. The first-order chi connectivity index (χ1) is 7.74. The Morgan fingerprint density at radius 1 is 0.938 bits per heavy atom. The van der Waals surface area contributed by atoms with Gasteiger partial charge >= 0.3 is 0 Å². The minimum Gasteiger partial charge on any atom is -0.314 e. The molecular weight excluding hydrogens is 194 g/mol. The van der Waals surface area contributed by atoms with E-state index in [4.69, 9.17) is 0 Å². The van der Waals surface area contributed by atoms with E-state index in [1.54, 1.807) is 0 Å². The molecule has 0 rings (SSSR count). The zero-order chi connectivity index (χ0) is 12.2. The summed E-state index contributed by atoms with van der Waals surface area (Å²) in [5.41, 5.74) is 0. The van der Waals surface area contributed by atoms with Crippen LogP contribution in [0.2, 0.25) is 0 Å². The van der Waals surface area contributed by atoms with Crippen LogP contribution >= 0.6 is 0 Å². The molecule has 0 amide bonds. The highest BCUT2D eigenvalue weighted by Crippen LogP contribution is 2.15. The van der Waals surface area contributed by atoms with Crippen molar-refractivity contribution in [3.05, 3.63) is 0 Å². The number of unbranched alkanes of at least 4 members (excludes halogenated alkanes) is 3. The van der Waals surface area contributed by atoms with Crippen LogP contribution in [0.3, 0.4) is 0 Å². The van der Waals surface area contributed by atoms with Gasteiger partial charge in [-0.15, -0.1) is 0 Å². The minimum absolute atomic E-state index is 0.770. The van der Waals surface area contributed by atoms with Gasteiger partial charge in [0.2, 0.25) is 0 Å². The predicted octanol–water partition coefficient (Wildman–Crippen LogP) is 4.76. The highest BCUT2D eigenvalue weighted by Gasteiger charge is 2.10. The lowest BCUT2D eigenvalue weighted by molar-refractivity contribution is 0.366. The van der Waals surface area contributed by atoms with Crippen molar-refractivity contribution in [2.75, 3.05) is 6.54 Å². The van der Waals surface area contributed by atoms with E-state index in [9.17, 15) is 0 Å². The van der Waals surface area contributed by atoms with Gasteiger partial charge in [-0.3, -0.25) is 0 Å². The maximum atomic E-state index is 3.71. The van der Waals surface area contributed by atoms with Crippen molar-refractivity contribution in [2.24, 2.45) is 5.92 Å². The van der Waals surface area contributed by atoms with Crippen molar-refractivity contribution in [2.45, 2.75) is 85.1 Å². The van der Waals surface area contributed by atoms with Gasteiger partial charge in [0.05, 0.1) is 0 Å². The highest BCUT2D eigenvalue weighted by atomic mass is 14.9. The third kappa shape index (κ3) is 9.21. The largest absolute Gasteiger partial charge is 0.314 e. The van der Waals surface area contributed by atoms with Gasteiger partial charge in [-0.05, 0) is 31.7 Å². The Morgan fingerprint density at radius 2 is 1.69 bits per heavy atom. The van der Waals surface area contributed by atoms with E-state index in [1.165, 1.54) is 57.9 Å². The lowest BCUT2D eigenvalue weighted by atomic mass is 9.95. The fraction of sp³-hybridized carbons (Fsp3) is 1.00. The molecule has 0 fully saturated rings. The molecule has 2 unspecified atom stereocenters. The average molecular weight is 227 g/mol. The third-order valence-corrected chi connectivity index (χ3v) is 3.47. The molecule has 1 heteroatoms. The Morgan fingerprint density at radius 3 is 2.25 bits per heavy atom. The quantitative estimate of drug-likeness (QED) is 0.502. The fourth-order valence-corrected chi connectivity index (χ4v) is 2.12. The minimum atomic E-state index is 0.770. The van der Waals surface area contributed by atoms with Crippen molar-refractivity contribution in [1.82, 2.24) is 5.32 Å². The SMILES string of the molecule is CCCCCCC(CC(C)CC)NCCC. The van der Waals surface area contributed by atoms with Crippen LogP contribution in [0.15, 0.2) is 0 Å². The van der Waals surface area contributed by atoms with Crippen LogP contribution < -0.4 is 5.32 Å². The van der Waals surface area contributed by atoms with E-state index in [-0.39, 0.29) is 0 Å². The molecule has 0 aromatic rings. The van der Waals surface area contributed by atoms with Crippen LogP contribution in [-0.4, -0.2) is 12.6 Å². The third-order valence-electron chi connectivity index (χ3n) is 3.47. The molecule has 0 aromatic carbocycles. The van der Waals surface area contributed by atoms with Gasteiger partial charge in [-0.25, -0.2) is 0 Å². The maximum Gasteiger partial charge on any atom is 0.00695 e. The highest BCUT2D eigenvalue weighted by molar-refractivity contribution is 4.69. The molecule has 0 aliphatic rings. The number of hydrogen-bond donors (Lipinski definition) is 1. The average Bonchev–Trinajstić information content (AvgIpc) is 2.30. The second kappa shape index (κ2) is 11.4. The van der Waals surface area contributed by atoms with Gasteiger partial charge in [0.1, 0.15) is 0 Å². The Balaban J connectivity index is 3.71. The van der Waals surface area contributed by atoms with Crippen LogP contribution in [0, 0.1) is 5.92 Å². The summed E-state index contributed by atoms with van der Waals surface area (Å²) >= 11 is 0. The van der Waals surface area contributed by atoms with Gasteiger partial charge in [-0.2, -0.15) is 0 Å². The summed E-state index contributed by atoms with van der Waals surface area (Å²) in [5, 5.41) is 3.71. The zero-order valence-corrected chi connectivity index (χ0v) is 12.0. The molecule has 0 aromatic heterocycles. The normalized spacial score (nSPS) is 15.0. The first-order valence-corrected chi connectivity index (χ1v) is 7.47. The first kappa shape index (κ1) is 16.0. The van der Waals surface area contributed by atoms with E-state index < -0.39 is 0 Å². The second-order valence-corrected chi connectivity index (χ2v) is 5.25. The summed E-state index contributed by atoms with van der Waals surface area (Å²) in [5.74, 6) is 0.875. The zero-order valence-electron chi connectivity index (χ0n) is 12.0. The lowest BCUT2D eigenvalue weighted by Crippen LogP contribution is -2.31. The smallest absolute Gasteiger partial charge is 0.00695 e. The summed E-state index contributed by atoms with van der Waals surface area (Å²) in [6, 6.07) is 0.770. The lowest BCUT2D eigenvalue weighted by Gasteiger charge is -2.21. The van der Waals surface area contributed by atoms with E-state index >= 15 is 0 Å². The van der Waals surface area contributed by atoms with Gasteiger partial charge in [0, 0.05) is 6.04 Å². The summed E-state index contributed by atoms with van der Waals surface area (Å²) in [6.45, 7) is 10.4. The summed E-state index contributed by atoms with van der Waals surface area (Å²) in [4.78, 5) is 0. The molecule has 16 heavy (non-hydrogen) atoms. The van der Waals surface area contributed by atoms with Gasteiger partial charge < -0.3 is 5.32 Å². The molecule has 0 aliphatic heterocycles. The van der Waals surface area contributed by atoms with Crippen LogP contribution in [0.4, 0.5) is 0 Å². The summed E-state index contributed by atoms with van der Waals surface area (Å²) in [7, 11) is 0. The molecule has 1 nitrogen and oxygen atoms in total. The monoisotopic (exact) mass is 227 g/mol. The Bertz CT molecular complexity index is 133. The van der Waals surface area contributed by atoms with Gasteiger partial charge in [0.15, 0.2) is 0 Å². The van der Waals surface area contributed by atoms with Crippen molar-refractivity contribution >= 4 is 0 Å². The molecule has 0 spiro atoms. The molecule has 0 saturated heterocycles. The standard InChI is InChI=1S/C15H33N/c1-5-8-9-10-11-15(16-12-6-2)13-14(4)7-3/h14-16H,5-13H2,1-4H3. The first-order valence-electron chi connectivity index (χ1n) is 7.47. The molecule has 2 atom stereocenters. The second-order valence-electron chi connectivity index (χ2n) is 5.25. The molecule has 98 valence electrons. The summed E-state index contributed by atoms with van der Waals surface area (Å²) in [6.07, 6.45) is 10.9. The van der Waals surface area contributed by atoms with Crippen molar-refractivity contribution in [3.8, 4) is 0 Å². The number of nitrogens with one attached hydrogen (secondary N) is 1. The molecule has 0 aliphatic carbocycles. The van der Waals surface area contributed by atoms with Gasteiger partial charge in [-0.1, -0.05) is 59.8 Å². The molecule has 0 saturated carbocycles. The van der Waals surface area contributed by atoms with Gasteiger partial charge in [0.25, 0.3) is 0 Å². The van der Waals surface area contributed by atoms with Crippen LogP contribution in [0.1, 0.15) is 79.1 Å². The van der Waals surface area contributed by atoms with Crippen molar-refractivity contribution in [3.63, 3.8) is 0 Å². The van der Waals surface area contributed by atoms with E-state index in [0.717, 1.165) is 12.0 Å². The van der Waals surface area contributed by atoms with Crippen LogP contribution in [0.25, 0.3) is 0 Å². The number of rotatable bonds is 11. The number of hydrogen-bond acceptors (Lipinski definition) is 1. The maximum absolute atomic E-state index is 3.71. The molecular formula is C15H33N. The topological polar surface area (TPSA) is 12.0 Å². The predicted molar refractivity (Wildman–Crippen MR) is 74.9 cm³/mol. The Hall–Kier alpha value is -0.0400. The van der Waals surface area contributed by atoms with Crippen LogP contribution in [0.5, 0.6) is 0 Å². The molecule has 1 N–H and O–H groups in total. The van der Waals surface area contributed by atoms with E-state index in [0.29, 0.717) is 0 Å². The van der Waals surface area contributed by atoms with Crippen molar-refractivity contribution in [1.29, 1.82) is 0 Å². The molecule has 0 radical (unpaired) electrons. The Kier molecular flexibility index (Phi) is 11.4. The summed E-state index contributed by atoms with van der Waals surface area (Å²) < 4.78 is 0. The van der Waals surface area contributed by atoms with Crippen LogP contribution in [-0.2, 0) is 0 Å². The Labute approximate surface area is 103 Å². The molecule has 0 heterocycles. The fourth-order valence-electron chi connectivity index (χ4n) is 2.12. The van der Waals surface area contributed by atoms with Crippen molar-refractivity contribution < 1.29 is 0 Å².